The molecule has 0 saturated carbocycles. The zero-order valence-corrected chi connectivity index (χ0v) is 13.6. The molecule has 2 saturated heterocycles. The molecule has 2 fully saturated rings. The Labute approximate surface area is 135 Å². The van der Waals surface area contributed by atoms with E-state index in [1.165, 1.54) is 12.1 Å². The van der Waals surface area contributed by atoms with Crippen LogP contribution in [0.2, 0.25) is 0 Å². The van der Waals surface area contributed by atoms with Crippen molar-refractivity contribution < 1.29 is 17.9 Å². The molecule has 7 nitrogen and oxygen atoms in total. The van der Waals surface area contributed by atoms with Gasteiger partial charge >= 0.3 is 0 Å². The van der Waals surface area contributed by atoms with Crippen LogP contribution in [0.1, 0.15) is 19.3 Å². The number of carbonyl (C=O) groups is 1. The third kappa shape index (κ3) is 3.19. The summed E-state index contributed by atoms with van der Waals surface area (Å²) < 4.78 is 28.1. The van der Waals surface area contributed by atoms with Gasteiger partial charge in [-0.3, -0.25) is 9.69 Å². The first-order chi connectivity index (χ1) is 10.9. The monoisotopic (exact) mass is 339 g/mol. The molecular formula is C15H21N3O4S. The highest BCUT2D eigenvalue weighted by Gasteiger charge is 2.49. The third-order valence-corrected chi connectivity index (χ3v) is 5.58. The molecule has 1 spiro atoms. The highest BCUT2D eigenvalue weighted by Crippen LogP contribution is 2.35. The predicted octanol–water partition coefficient (Wildman–Crippen LogP) is 0.0673. The van der Waals surface area contributed by atoms with Gasteiger partial charge in [0.15, 0.2) is 0 Å². The second kappa shape index (κ2) is 6.10. The van der Waals surface area contributed by atoms with E-state index in [1.807, 2.05) is 0 Å². The van der Waals surface area contributed by atoms with Crippen LogP contribution in [-0.4, -0.2) is 51.0 Å². The summed E-state index contributed by atoms with van der Waals surface area (Å²) in [6.45, 7) is 2.76. The lowest BCUT2D eigenvalue weighted by molar-refractivity contribution is -0.128. The minimum atomic E-state index is -3.68. The summed E-state index contributed by atoms with van der Waals surface area (Å²) in [7, 11) is -3.68. The first kappa shape index (κ1) is 16.2. The summed E-state index contributed by atoms with van der Waals surface area (Å²) in [5.74, 6) is 0.717. The zero-order valence-electron chi connectivity index (χ0n) is 12.8. The van der Waals surface area contributed by atoms with E-state index in [2.05, 4.69) is 10.2 Å². The normalized spacial score (nSPS) is 25.0. The first-order valence-corrected chi connectivity index (χ1v) is 9.25. The minimum Gasteiger partial charge on any atom is -0.492 e. The molecule has 2 heterocycles. The fraction of sp³-hybridized carbons (Fsp3) is 0.533. The van der Waals surface area contributed by atoms with E-state index >= 15 is 0 Å². The number of ether oxygens (including phenoxy) is 1. The molecule has 1 unspecified atom stereocenters. The van der Waals surface area contributed by atoms with Crippen LogP contribution in [-0.2, 0) is 14.8 Å². The second-order valence-corrected chi connectivity index (χ2v) is 7.55. The molecule has 8 heteroatoms. The van der Waals surface area contributed by atoms with Crippen molar-refractivity contribution in [3.05, 3.63) is 24.3 Å². The van der Waals surface area contributed by atoms with Crippen LogP contribution in [0.4, 0.5) is 0 Å². The van der Waals surface area contributed by atoms with Gasteiger partial charge in [-0.05, 0) is 50.1 Å². The van der Waals surface area contributed by atoms with Crippen LogP contribution in [0.5, 0.6) is 5.75 Å². The number of carbonyl (C=O) groups excluding carboxylic acids is 1. The van der Waals surface area contributed by atoms with Crippen molar-refractivity contribution in [3.8, 4) is 5.75 Å². The van der Waals surface area contributed by atoms with Crippen LogP contribution < -0.4 is 15.2 Å². The molecule has 1 atom stereocenters. The van der Waals surface area contributed by atoms with Crippen LogP contribution in [0.25, 0.3) is 0 Å². The number of nitrogens with zero attached hydrogens (tertiary/aromatic N) is 1. The molecule has 126 valence electrons. The van der Waals surface area contributed by atoms with Gasteiger partial charge < -0.3 is 10.1 Å². The lowest BCUT2D eigenvalue weighted by Crippen LogP contribution is -2.50. The zero-order chi connectivity index (χ0) is 16.5. The van der Waals surface area contributed by atoms with E-state index in [4.69, 9.17) is 9.88 Å². The number of likely N-dealkylation sites (tertiary alicyclic amines) is 1. The highest BCUT2D eigenvalue weighted by molar-refractivity contribution is 7.89. The van der Waals surface area contributed by atoms with Crippen molar-refractivity contribution in [2.24, 2.45) is 5.14 Å². The van der Waals surface area contributed by atoms with E-state index in [9.17, 15) is 13.2 Å². The van der Waals surface area contributed by atoms with Gasteiger partial charge in [-0.15, -0.1) is 0 Å². The van der Waals surface area contributed by atoms with E-state index in [0.29, 0.717) is 18.9 Å². The highest BCUT2D eigenvalue weighted by atomic mass is 32.2. The summed E-state index contributed by atoms with van der Waals surface area (Å²) in [5.41, 5.74) is -0.346. The maximum absolute atomic E-state index is 12.1. The van der Waals surface area contributed by atoms with Crippen molar-refractivity contribution in [3.63, 3.8) is 0 Å². The van der Waals surface area contributed by atoms with Crippen LogP contribution in [0.3, 0.4) is 0 Å². The van der Waals surface area contributed by atoms with E-state index in [0.717, 1.165) is 32.4 Å². The average Bonchev–Trinajstić information content (AvgIpc) is 3.07. The summed E-state index contributed by atoms with van der Waals surface area (Å²) in [5, 5.41) is 7.98. The lowest BCUT2D eigenvalue weighted by Gasteiger charge is -2.32. The van der Waals surface area contributed by atoms with E-state index in [-0.39, 0.29) is 16.3 Å². The van der Waals surface area contributed by atoms with Crippen LogP contribution in [0.15, 0.2) is 29.2 Å². The summed E-state index contributed by atoms with van der Waals surface area (Å²) in [4.78, 5) is 14.4. The summed E-state index contributed by atoms with van der Waals surface area (Å²) >= 11 is 0. The van der Waals surface area contributed by atoms with Gasteiger partial charge in [-0.25, -0.2) is 13.6 Å². The number of sulfonamides is 1. The van der Waals surface area contributed by atoms with Gasteiger partial charge in [0.2, 0.25) is 15.9 Å². The molecule has 1 aromatic carbocycles. The van der Waals surface area contributed by atoms with Gasteiger partial charge in [0, 0.05) is 13.1 Å². The van der Waals surface area contributed by atoms with E-state index in [1.54, 1.807) is 12.1 Å². The third-order valence-electron chi connectivity index (χ3n) is 4.65. The fourth-order valence-electron chi connectivity index (χ4n) is 3.46. The fourth-order valence-corrected chi connectivity index (χ4v) is 3.98. The number of amides is 1. The van der Waals surface area contributed by atoms with Crippen LogP contribution >= 0.6 is 0 Å². The molecule has 0 radical (unpaired) electrons. The quantitative estimate of drug-likeness (QED) is 0.790. The lowest BCUT2D eigenvalue weighted by atomic mass is 9.94. The van der Waals surface area contributed by atoms with Crippen molar-refractivity contribution in [1.82, 2.24) is 10.2 Å². The Morgan fingerprint density at radius 1 is 1.26 bits per heavy atom. The largest absolute Gasteiger partial charge is 0.492 e. The van der Waals surface area contributed by atoms with Crippen molar-refractivity contribution in [2.75, 3.05) is 26.2 Å². The maximum Gasteiger partial charge on any atom is 0.240 e. The van der Waals surface area contributed by atoms with Gasteiger partial charge in [0.05, 0.1) is 4.90 Å². The molecule has 0 bridgehead atoms. The van der Waals surface area contributed by atoms with Crippen molar-refractivity contribution in [1.29, 1.82) is 0 Å². The Bertz CT molecular complexity index is 685. The standard InChI is InChI=1S/C15H21N3O4S/c16-23(20,21)13-4-2-12(3-5-13)22-11-10-18-9-1-6-15(18)7-8-17-14(15)19/h2-5H,1,6-11H2,(H,17,19)(H2,16,20,21). The van der Waals surface area contributed by atoms with E-state index < -0.39 is 10.0 Å². The molecule has 0 aromatic heterocycles. The average molecular weight is 339 g/mol. The molecule has 1 amide bonds. The Morgan fingerprint density at radius 2 is 2.00 bits per heavy atom. The minimum absolute atomic E-state index is 0.0611. The molecule has 2 aliphatic heterocycles. The Balaban J connectivity index is 1.56. The SMILES string of the molecule is NS(=O)(=O)c1ccc(OCCN2CCCC23CCNC3=O)cc1. The molecule has 23 heavy (non-hydrogen) atoms. The molecule has 1 aromatic rings. The smallest absolute Gasteiger partial charge is 0.240 e. The number of nitrogens with two attached hydrogens (primary N) is 1. The number of primary sulfonamides is 1. The summed E-state index contributed by atoms with van der Waals surface area (Å²) in [6, 6.07) is 6.02. The number of hydrogen-bond acceptors (Lipinski definition) is 5. The Morgan fingerprint density at radius 3 is 2.61 bits per heavy atom. The molecule has 3 N–H and O–H groups in total. The summed E-state index contributed by atoms with van der Waals surface area (Å²) in [6.07, 6.45) is 2.78. The topological polar surface area (TPSA) is 102 Å². The van der Waals surface area contributed by atoms with Gasteiger partial charge in [0.25, 0.3) is 0 Å². The van der Waals surface area contributed by atoms with Crippen LogP contribution in [0, 0.1) is 0 Å². The number of hydrogen-bond donors (Lipinski definition) is 2. The number of benzene rings is 1. The Hall–Kier alpha value is -1.64. The second-order valence-electron chi connectivity index (χ2n) is 5.99. The van der Waals surface area contributed by atoms with Gasteiger partial charge in [0.1, 0.15) is 17.9 Å². The maximum atomic E-state index is 12.1. The Kier molecular flexibility index (Phi) is 4.31. The predicted molar refractivity (Wildman–Crippen MR) is 84.5 cm³/mol. The van der Waals surface area contributed by atoms with Gasteiger partial charge in [-0.1, -0.05) is 0 Å². The molecular weight excluding hydrogens is 318 g/mol. The van der Waals surface area contributed by atoms with Gasteiger partial charge in [-0.2, -0.15) is 0 Å². The first-order valence-electron chi connectivity index (χ1n) is 7.71. The molecule has 0 aliphatic carbocycles. The number of rotatable bonds is 5. The number of nitrogens with one attached hydrogen (secondary N) is 1. The molecule has 2 aliphatic rings. The van der Waals surface area contributed by atoms with Crippen molar-refractivity contribution in [2.45, 2.75) is 29.7 Å². The molecule has 3 rings (SSSR count). The van der Waals surface area contributed by atoms with Crippen molar-refractivity contribution >= 4 is 15.9 Å².